The fraction of sp³-hybridized carbons (Fsp3) is 0.923. The number of hydrogen-bond acceptors (Lipinski definition) is 6. The minimum atomic E-state index is -0.293. The molecule has 6 heteroatoms. The Labute approximate surface area is 196 Å². The predicted molar refractivity (Wildman–Crippen MR) is 128 cm³/mol. The largest absolute Gasteiger partial charge is 0.462 e. The van der Waals surface area contributed by atoms with Crippen LogP contribution in [0.25, 0.3) is 0 Å². The van der Waals surface area contributed by atoms with E-state index in [4.69, 9.17) is 9.47 Å². The maximum absolute atomic E-state index is 12.5. The summed E-state index contributed by atoms with van der Waals surface area (Å²) >= 11 is 0. The lowest BCUT2D eigenvalue weighted by molar-refractivity contribution is -0.163. The Bertz CT molecular complexity index is 602. The Morgan fingerprint density at radius 1 is 0.750 bits per heavy atom. The Morgan fingerprint density at radius 2 is 1.06 bits per heavy atom. The van der Waals surface area contributed by atoms with Gasteiger partial charge in [-0.15, -0.1) is 0 Å². The molecule has 2 saturated heterocycles. The minimum Gasteiger partial charge on any atom is -0.462 e. The first-order chi connectivity index (χ1) is 14.6. The normalized spacial score (nSPS) is 31.0. The maximum atomic E-state index is 12.5. The zero-order chi connectivity index (χ0) is 24.4. The molecule has 0 aromatic carbocycles. The van der Waals surface area contributed by atoms with Crippen LogP contribution in [0.3, 0.4) is 0 Å². The summed E-state index contributed by atoms with van der Waals surface area (Å²) in [6.45, 7) is 17.7. The monoisotopic (exact) mass is 452 g/mol. The molecular formula is C26H48N2O4. The second kappa shape index (κ2) is 10.4. The fourth-order valence-electron chi connectivity index (χ4n) is 5.63. The third-order valence-electron chi connectivity index (χ3n) is 8.04. The highest BCUT2D eigenvalue weighted by molar-refractivity contribution is 5.77. The number of rotatable bonds is 7. The smallest absolute Gasteiger partial charge is 0.306 e. The van der Waals surface area contributed by atoms with Crippen molar-refractivity contribution in [3.8, 4) is 0 Å². The molecule has 0 radical (unpaired) electrons. The minimum absolute atomic E-state index is 0.0229. The lowest BCUT2D eigenvalue weighted by Crippen LogP contribution is -2.57. The molecule has 2 rings (SSSR count). The highest BCUT2D eigenvalue weighted by atomic mass is 16.6. The van der Waals surface area contributed by atoms with Crippen LogP contribution in [0, 0.1) is 11.8 Å². The molecular weight excluding hydrogens is 404 g/mol. The molecule has 4 unspecified atom stereocenters. The molecule has 0 N–H and O–H groups in total. The molecule has 0 aliphatic carbocycles. The third-order valence-corrected chi connectivity index (χ3v) is 8.04. The second-order valence-corrected chi connectivity index (χ2v) is 12.1. The third kappa shape index (κ3) is 6.69. The van der Waals surface area contributed by atoms with Crippen LogP contribution in [0.15, 0.2) is 0 Å². The Hall–Kier alpha value is -1.14. The van der Waals surface area contributed by atoms with E-state index in [0.29, 0.717) is 23.9 Å². The number of carbonyl (C=O) groups is 2. The van der Waals surface area contributed by atoms with Gasteiger partial charge in [-0.3, -0.25) is 19.4 Å². The van der Waals surface area contributed by atoms with Crippen LogP contribution in [-0.2, 0) is 19.1 Å². The maximum Gasteiger partial charge on any atom is 0.306 e. The van der Waals surface area contributed by atoms with Crippen molar-refractivity contribution in [3.63, 3.8) is 0 Å². The van der Waals surface area contributed by atoms with E-state index in [1.165, 1.54) is 0 Å². The van der Waals surface area contributed by atoms with Crippen LogP contribution in [0.2, 0.25) is 0 Å². The number of piperidine rings is 2. The van der Waals surface area contributed by atoms with E-state index < -0.39 is 0 Å². The van der Waals surface area contributed by atoms with E-state index in [1.54, 1.807) is 0 Å². The first-order valence-electron chi connectivity index (χ1n) is 12.5. The van der Waals surface area contributed by atoms with E-state index in [-0.39, 0.29) is 48.1 Å². The number of nitrogens with zero attached hydrogens (tertiary/aromatic N) is 2. The molecule has 0 spiro atoms. The molecule has 2 heterocycles. The van der Waals surface area contributed by atoms with Gasteiger partial charge in [-0.05, 0) is 53.6 Å². The second-order valence-electron chi connectivity index (χ2n) is 12.1. The summed E-state index contributed by atoms with van der Waals surface area (Å²) in [5.41, 5.74) is -0.0457. The van der Waals surface area contributed by atoms with E-state index in [2.05, 4.69) is 79.3 Å². The van der Waals surface area contributed by atoms with Gasteiger partial charge in [-0.1, -0.05) is 27.7 Å². The lowest BCUT2D eigenvalue weighted by Gasteiger charge is -2.50. The number of hydrogen-bond donors (Lipinski definition) is 0. The summed E-state index contributed by atoms with van der Waals surface area (Å²) in [7, 11) is 4.32. The summed E-state index contributed by atoms with van der Waals surface area (Å²) in [6, 6.07) is 0.756. The summed E-state index contributed by atoms with van der Waals surface area (Å²) in [4.78, 5) is 29.8. The van der Waals surface area contributed by atoms with Crippen molar-refractivity contribution >= 4 is 11.9 Å². The molecule has 32 heavy (non-hydrogen) atoms. The zero-order valence-electron chi connectivity index (χ0n) is 22.2. The molecule has 0 bridgehead atoms. The average Bonchev–Trinajstić information content (AvgIpc) is 2.64. The van der Waals surface area contributed by atoms with E-state index in [9.17, 15) is 9.59 Å². The van der Waals surface area contributed by atoms with E-state index >= 15 is 0 Å². The Balaban J connectivity index is 1.85. The molecule has 6 nitrogen and oxygen atoms in total. The van der Waals surface area contributed by atoms with Crippen molar-refractivity contribution in [2.75, 3.05) is 14.1 Å². The van der Waals surface area contributed by atoms with Crippen LogP contribution in [-0.4, -0.2) is 71.2 Å². The van der Waals surface area contributed by atoms with Crippen LogP contribution >= 0.6 is 0 Å². The SMILES string of the molecule is CC(C)C1CC(OC(=O)CCC(=O)OC2CC(C(C)C)N(C)C(C)(C)C2)CC(C)(C)N1C. The first-order valence-corrected chi connectivity index (χ1v) is 12.5. The molecule has 0 amide bonds. The Kier molecular flexibility index (Phi) is 8.82. The van der Waals surface area contributed by atoms with Crippen LogP contribution in [0.1, 0.15) is 93.9 Å². The van der Waals surface area contributed by atoms with Crippen LogP contribution in [0.4, 0.5) is 0 Å². The quantitative estimate of drug-likeness (QED) is 0.524. The van der Waals surface area contributed by atoms with Gasteiger partial charge in [0.2, 0.25) is 0 Å². The molecule has 4 atom stereocenters. The van der Waals surface area contributed by atoms with Crippen molar-refractivity contribution in [1.29, 1.82) is 0 Å². The van der Waals surface area contributed by atoms with Crippen molar-refractivity contribution < 1.29 is 19.1 Å². The molecule has 2 aliphatic rings. The number of carbonyl (C=O) groups excluding carboxylic acids is 2. The molecule has 0 saturated carbocycles. The van der Waals surface area contributed by atoms with Crippen LogP contribution in [0.5, 0.6) is 0 Å². The standard InChI is InChI=1S/C26H48N2O4/c1-17(2)21-13-19(15-25(5,6)27(21)9)31-23(29)11-12-24(30)32-20-14-22(18(3)4)28(10)26(7,8)16-20/h17-22H,11-16H2,1-10H3. The number of ether oxygens (including phenoxy) is 2. The van der Waals surface area contributed by atoms with Gasteiger partial charge in [0.05, 0.1) is 12.8 Å². The van der Waals surface area contributed by atoms with Gasteiger partial charge >= 0.3 is 11.9 Å². The summed E-state index contributed by atoms with van der Waals surface area (Å²) in [6.07, 6.45) is 3.28. The molecule has 2 fully saturated rings. The highest BCUT2D eigenvalue weighted by Crippen LogP contribution is 2.36. The van der Waals surface area contributed by atoms with Crippen molar-refractivity contribution in [2.45, 2.75) is 129 Å². The Morgan fingerprint density at radius 3 is 1.34 bits per heavy atom. The van der Waals surface area contributed by atoms with Gasteiger partial charge in [-0.25, -0.2) is 0 Å². The zero-order valence-corrected chi connectivity index (χ0v) is 22.2. The number of esters is 2. The lowest BCUT2D eigenvalue weighted by atomic mass is 9.81. The topological polar surface area (TPSA) is 59.1 Å². The first kappa shape index (κ1) is 27.1. The molecule has 0 aromatic heterocycles. The molecule has 0 aromatic rings. The van der Waals surface area contributed by atoms with Gasteiger partial charge in [-0.2, -0.15) is 0 Å². The predicted octanol–water partition coefficient (Wildman–Crippen LogP) is 4.65. The summed E-state index contributed by atoms with van der Waals surface area (Å²) in [5.74, 6) is 0.394. The summed E-state index contributed by atoms with van der Waals surface area (Å²) in [5, 5.41) is 0. The van der Waals surface area contributed by atoms with Gasteiger partial charge in [0.25, 0.3) is 0 Å². The van der Waals surface area contributed by atoms with E-state index in [0.717, 1.165) is 25.7 Å². The van der Waals surface area contributed by atoms with Crippen molar-refractivity contribution in [1.82, 2.24) is 9.80 Å². The van der Waals surface area contributed by atoms with Crippen LogP contribution < -0.4 is 0 Å². The highest BCUT2D eigenvalue weighted by Gasteiger charge is 2.42. The van der Waals surface area contributed by atoms with Crippen molar-refractivity contribution in [3.05, 3.63) is 0 Å². The van der Waals surface area contributed by atoms with Crippen molar-refractivity contribution in [2.24, 2.45) is 11.8 Å². The molecule has 2 aliphatic heterocycles. The van der Waals surface area contributed by atoms with Gasteiger partial charge < -0.3 is 9.47 Å². The summed E-state index contributed by atoms with van der Waals surface area (Å²) < 4.78 is 11.6. The van der Waals surface area contributed by atoms with Gasteiger partial charge in [0, 0.05) is 48.8 Å². The van der Waals surface area contributed by atoms with Gasteiger partial charge in [0.15, 0.2) is 0 Å². The number of likely N-dealkylation sites (tertiary alicyclic amines) is 2. The van der Waals surface area contributed by atoms with E-state index in [1.807, 2.05) is 0 Å². The molecule has 186 valence electrons. The average molecular weight is 453 g/mol. The van der Waals surface area contributed by atoms with Gasteiger partial charge in [0.1, 0.15) is 12.2 Å². The fourth-order valence-corrected chi connectivity index (χ4v) is 5.63.